The van der Waals surface area contributed by atoms with Crippen molar-refractivity contribution < 1.29 is 9.13 Å². The first-order valence-electron chi connectivity index (χ1n) is 11.7. The third-order valence-corrected chi connectivity index (χ3v) is 7.25. The number of hydrazine groups is 1. The van der Waals surface area contributed by atoms with Crippen molar-refractivity contribution in [2.75, 3.05) is 36.2 Å². The molecular formula is C25H34FN5O. The van der Waals surface area contributed by atoms with Crippen molar-refractivity contribution in [3.63, 3.8) is 0 Å². The predicted molar refractivity (Wildman–Crippen MR) is 126 cm³/mol. The number of hydrogen-bond donors (Lipinski definition) is 2. The van der Waals surface area contributed by atoms with Gasteiger partial charge in [0.15, 0.2) is 0 Å². The molecule has 6 nitrogen and oxygen atoms in total. The molecule has 0 aromatic heterocycles. The van der Waals surface area contributed by atoms with Crippen molar-refractivity contribution >= 4 is 11.4 Å². The Morgan fingerprint density at radius 1 is 1.16 bits per heavy atom. The van der Waals surface area contributed by atoms with E-state index >= 15 is 4.39 Å². The Bertz CT molecular complexity index is 967. The maximum absolute atomic E-state index is 15.4. The molecular weight excluding hydrogens is 405 g/mol. The number of ether oxygens (including phenoxy) is 1. The van der Waals surface area contributed by atoms with E-state index in [2.05, 4.69) is 23.6 Å². The molecule has 3 aliphatic rings. The molecule has 1 saturated heterocycles. The zero-order valence-corrected chi connectivity index (χ0v) is 19.0. The molecule has 0 amide bonds. The van der Waals surface area contributed by atoms with E-state index in [4.69, 9.17) is 16.3 Å². The lowest BCUT2D eigenvalue weighted by molar-refractivity contribution is 0.233. The van der Waals surface area contributed by atoms with Gasteiger partial charge in [0, 0.05) is 37.4 Å². The second-order valence-corrected chi connectivity index (χ2v) is 9.76. The first-order chi connectivity index (χ1) is 15.4. The number of nitrogens with two attached hydrogens (primary N) is 2. The molecule has 0 unspecified atom stereocenters. The molecule has 3 atom stereocenters. The number of nitrogens with zero attached hydrogens (tertiary/aromatic N) is 3. The van der Waals surface area contributed by atoms with Crippen LogP contribution in [-0.4, -0.2) is 43.5 Å². The molecule has 2 aliphatic heterocycles. The molecule has 32 heavy (non-hydrogen) atoms. The molecule has 4 N–H and O–H groups in total. The smallest absolute Gasteiger partial charge is 0.147 e. The van der Waals surface area contributed by atoms with E-state index in [1.54, 1.807) is 11.1 Å². The van der Waals surface area contributed by atoms with E-state index in [1.807, 2.05) is 30.3 Å². The molecule has 5 rings (SSSR count). The summed E-state index contributed by atoms with van der Waals surface area (Å²) in [4.78, 5) is 4.57. The second kappa shape index (κ2) is 8.54. The van der Waals surface area contributed by atoms with Gasteiger partial charge in [0.25, 0.3) is 0 Å². The third kappa shape index (κ3) is 4.05. The van der Waals surface area contributed by atoms with Crippen LogP contribution in [0.1, 0.15) is 30.9 Å². The van der Waals surface area contributed by atoms with Gasteiger partial charge < -0.3 is 20.3 Å². The fraction of sp³-hybridized carbons (Fsp3) is 0.520. The average molecular weight is 440 g/mol. The number of fused-ring (bicyclic) bond motifs is 1. The molecule has 2 fully saturated rings. The summed E-state index contributed by atoms with van der Waals surface area (Å²) < 4.78 is 21.3. The van der Waals surface area contributed by atoms with Crippen molar-refractivity contribution in [2.45, 2.75) is 45.3 Å². The summed E-state index contributed by atoms with van der Waals surface area (Å²) in [5, 5.41) is 1.78. The van der Waals surface area contributed by atoms with Crippen LogP contribution < -0.4 is 26.1 Å². The largest absolute Gasteiger partial charge is 0.492 e. The molecule has 1 saturated carbocycles. The minimum Gasteiger partial charge on any atom is -0.492 e. The Morgan fingerprint density at radius 2 is 1.91 bits per heavy atom. The van der Waals surface area contributed by atoms with Crippen LogP contribution in [0.4, 0.5) is 15.8 Å². The van der Waals surface area contributed by atoms with Crippen molar-refractivity contribution in [1.29, 1.82) is 0 Å². The molecule has 172 valence electrons. The van der Waals surface area contributed by atoms with Crippen LogP contribution in [0.25, 0.3) is 0 Å². The zero-order chi connectivity index (χ0) is 22.4. The lowest BCUT2D eigenvalue weighted by atomic mass is 9.91. The summed E-state index contributed by atoms with van der Waals surface area (Å²) in [7, 11) is 0. The first kappa shape index (κ1) is 21.5. The highest BCUT2D eigenvalue weighted by atomic mass is 19.1. The zero-order valence-electron chi connectivity index (χ0n) is 19.0. The molecule has 0 spiro atoms. The van der Waals surface area contributed by atoms with Gasteiger partial charge in [0.1, 0.15) is 18.2 Å². The van der Waals surface area contributed by atoms with Gasteiger partial charge >= 0.3 is 0 Å². The number of rotatable bonds is 6. The molecule has 2 aromatic carbocycles. The number of para-hydroxylation sites is 1. The van der Waals surface area contributed by atoms with Crippen molar-refractivity contribution in [2.24, 2.45) is 23.4 Å². The Hall–Kier alpha value is -2.35. The van der Waals surface area contributed by atoms with E-state index in [1.165, 1.54) is 18.5 Å². The summed E-state index contributed by atoms with van der Waals surface area (Å²) in [5.74, 6) is 7.41. The Labute approximate surface area is 189 Å². The minimum absolute atomic E-state index is 0.107. The number of hydrogen-bond acceptors (Lipinski definition) is 6. The summed E-state index contributed by atoms with van der Waals surface area (Å²) in [5.41, 5.74) is 10.5. The minimum atomic E-state index is -0.158. The lowest BCUT2D eigenvalue weighted by Gasteiger charge is -2.39. The van der Waals surface area contributed by atoms with Crippen LogP contribution in [0.15, 0.2) is 36.4 Å². The van der Waals surface area contributed by atoms with Gasteiger partial charge in [-0.15, -0.1) is 0 Å². The molecule has 0 radical (unpaired) electrons. The van der Waals surface area contributed by atoms with E-state index in [-0.39, 0.29) is 17.8 Å². The van der Waals surface area contributed by atoms with Gasteiger partial charge in [-0.05, 0) is 60.9 Å². The number of halogens is 1. The normalized spacial score (nSPS) is 24.5. The van der Waals surface area contributed by atoms with Crippen molar-refractivity contribution in [1.82, 2.24) is 5.01 Å². The van der Waals surface area contributed by atoms with Crippen LogP contribution in [-0.2, 0) is 6.54 Å². The number of anilines is 2. The van der Waals surface area contributed by atoms with Crippen molar-refractivity contribution in [3.8, 4) is 5.75 Å². The fourth-order valence-corrected chi connectivity index (χ4v) is 5.51. The summed E-state index contributed by atoms with van der Waals surface area (Å²) >= 11 is 0. The molecule has 1 aliphatic carbocycles. The van der Waals surface area contributed by atoms with E-state index in [9.17, 15) is 0 Å². The van der Waals surface area contributed by atoms with E-state index < -0.39 is 0 Å². The first-order valence-corrected chi connectivity index (χ1v) is 11.7. The topological polar surface area (TPSA) is 71.0 Å². The van der Waals surface area contributed by atoms with Crippen LogP contribution in [0.2, 0.25) is 0 Å². The summed E-state index contributed by atoms with van der Waals surface area (Å²) in [6.45, 7) is 7.55. The molecule has 0 bridgehead atoms. The molecule has 7 heteroatoms. The van der Waals surface area contributed by atoms with Gasteiger partial charge in [-0.3, -0.25) is 5.84 Å². The monoisotopic (exact) mass is 439 g/mol. The predicted octanol–water partition coefficient (Wildman–Crippen LogP) is 3.23. The van der Waals surface area contributed by atoms with Gasteiger partial charge in [-0.25, -0.2) is 9.40 Å². The van der Waals surface area contributed by atoms with Crippen molar-refractivity contribution in [3.05, 3.63) is 53.3 Å². The highest BCUT2D eigenvalue weighted by Gasteiger charge is 2.39. The summed E-state index contributed by atoms with van der Waals surface area (Å²) in [6.07, 6.45) is 2.36. The van der Waals surface area contributed by atoms with Crippen LogP contribution in [0, 0.1) is 24.6 Å². The standard InChI is InChI=1S/C25H34FN5O/c1-16-11-29(13-21(16)23(27)14-32-20-6-4-3-5-7-20)25-17(2)24-18(10-22(25)26)12-30(28)15-31(24)19-8-9-19/h3-7,10,16,19,21,23H,8-9,11-15,27-28H2,1-2H3/t16-,21+,23+/m1/s1. The highest BCUT2D eigenvalue weighted by Crippen LogP contribution is 2.44. The van der Waals surface area contributed by atoms with Gasteiger partial charge in [-0.2, -0.15) is 0 Å². The fourth-order valence-electron chi connectivity index (χ4n) is 5.51. The second-order valence-electron chi connectivity index (χ2n) is 9.76. The van der Waals surface area contributed by atoms with Crippen LogP contribution >= 0.6 is 0 Å². The Morgan fingerprint density at radius 3 is 2.62 bits per heavy atom. The lowest BCUT2D eigenvalue weighted by Crippen LogP contribution is -2.47. The van der Waals surface area contributed by atoms with Gasteiger partial charge in [0.05, 0.1) is 12.4 Å². The third-order valence-electron chi connectivity index (χ3n) is 7.25. The Balaban J connectivity index is 1.35. The van der Waals surface area contributed by atoms with Gasteiger partial charge in [-0.1, -0.05) is 25.1 Å². The highest BCUT2D eigenvalue weighted by molar-refractivity contribution is 5.73. The molecule has 2 heterocycles. The average Bonchev–Trinajstić information content (AvgIpc) is 3.54. The molecule has 2 aromatic rings. The maximum Gasteiger partial charge on any atom is 0.147 e. The van der Waals surface area contributed by atoms with Gasteiger partial charge in [0.2, 0.25) is 0 Å². The summed E-state index contributed by atoms with van der Waals surface area (Å²) in [6, 6.07) is 11.9. The van der Waals surface area contributed by atoms with E-state index in [0.29, 0.717) is 31.8 Å². The van der Waals surface area contributed by atoms with Crippen LogP contribution in [0.3, 0.4) is 0 Å². The SMILES string of the molecule is Cc1c(N2C[C@H]([C@@H](N)COc3ccccc3)[C@H](C)C2)c(F)cc2c1N(C1CC1)CN(N)C2. The van der Waals surface area contributed by atoms with E-state index in [0.717, 1.165) is 35.7 Å². The number of benzene rings is 2. The van der Waals surface area contributed by atoms with Crippen LogP contribution in [0.5, 0.6) is 5.75 Å². The quantitative estimate of drug-likeness (QED) is 0.674. The Kier molecular flexibility index (Phi) is 5.73. The maximum atomic E-state index is 15.4.